The fourth-order valence-electron chi connectivity index (χ4n) is 4.38. The number of hydrogen-bond acceptors (Lipinski definition) is 7. The average Bonchev–Trinajstić information content (AvgIpc) is 3.32. The monoisotopic (exact) mass is 465 g/mol. The molecule has 8 heteroatoms. The fraction of sp³-hybridized carbons (Fsp3) is 0.269. The van der Waals surface area contributed by atoms with Gasteiger partial charge in [0.1, 0.15) is 22.9 Å². The van der Waals surface area contributed by atoms with Gasteiger partial charge in [-0.2, -0.15) is 0 Å². The molecule has 176 valence electrons. The van der Waals surface area contributed by atoms with E-state index in [1.54, 1.807) is 41.5 Å². The van der Waals surface area contributed by atoms with Crippen LogP contribution in [0.2, 0.25) is 0 Å². The van der Waals surface area contributed by atoms with Gasteiger partial charge in [0.2, 0.25) is 6.79 Å². The van der Waals surface area contributed by atoms with E-state index < -0.39 is 5.97 Å². The highest BCUT2D eigenvalue weighted by molar-refractivity contribution is 5.92. The van der Waals surface area contributed by atoms with Crippen LogP contribution in [0.3, 0.4) is 0 Å². The van der Waals surface area contributed by atoms with Crippen LogP contribution in [0.5, 0.6) is 23.0 Å². The van der Waals surface area contributed by atoms with Crippen molar-refractivity contribution in [3.8, 4) is 23.0 Å². The second-order valence-electron chi connectivity index (χ2n) is 8.32. The van der Waals surface area contributed by atoms with E-state index in [0.717, 1.165) is 5.56 Å². The maximum atomic E-state index is 13.5. The van der Waals surface area contributed by atoms with Crippen LogP contribution in [-0.2, 0) is 4.84 Å². The van der Waals surface area contributed by atoms with E-state index >= 15 is 0 Å². The second-order valence-corrected chi connectivity index (χ2v) is 8.32. The molecule has 3 aromatic carbocycles. The zero-order valence-electron chi connectivity index (χ0n) is 18.4. The molecule has 2 aliphatic heterocycles. The predicted octanol–water partition coefficient (Wildman–Crippen LogP) is 4.52. The van der Waals surface area contributed by atoms with Crippen LogP contribution < -0.4 is 14.2 Å². The lowest BCUT2D eigenvalue weighted by Crippen LogP contribution is -2.42. The number of hydroxylamine groups is 2. The topological polar surface area (TPSA) is 77.5 Å². The molecule has 0 amide bonds. The highest BCUT2D eigenvalue weighted by Crippen LogP contribution is 2.37. The van der Waals surface area contributed by atoms with Crippen LogP contribution in [0, 0.1) is 11.7 Å². The molecule has 2 atom stereocenters. The first-order valence-electron chi connectivity index (χ1n) is 11.1. The van der Waals surface area contributed by atoms with Crippen molar-refractivity contribution in [2.75, 3.05) is 26.5 Å². The summed E-state index contributed by atoms with van der Waals surface area (Å²) in [4.78, 5) is 18.2. The summed E-state index contributed by atoms with van der Waals surface area (Å²) in [5, 5.41) is 11.6. The van der Waals surface area contributed by atoms with Crippen LogP contribution in [0.1, 0.15) is 28.3 Å². The number of carbonyl (C=O) groups excluding carboxylic acids is 1. The van der Waals surface area contributed by atoms with E-state index in [9.17, 15) is 14.3 Å². The van der Waals surface area contributed by atoms with E-state index in [1.165, 1.54) is 24.3 Å². The Balaban J connectivity index is 1.30. The zero-order valence-corrected chi connectivity index (χ0v) is 18.4. The van der Waals surface area contributed by atoms with Crippen LogP contribution in [0.4, 0.5) is 4.39 Å². The third kappa shape index (κ3) is 4.77. The third-order valence-electron chi connectivity index (χ3n) is 6.14. The molecule has 0 saturated carbocycles. The number of piperidine rings is 1. The van der Waals surface area contributed by atoms with Gasteiger partial charge in [-0.3, -0.25) is 0 Å². The summed E-state index contributed by atoms with van der Waals surface area (Å²) >= 11 is 0. The summed E-state index contributed by atoms with van der Waals surface area (Å²) < 4.78 is 30.4. The summed E-state index contributed by atoms with van der Waals surface area (Å²) in [7, 11) is 0. The first-order chi connectivity index (χ1) is 16.6. The molecule has 0 bridgehead atoms. The van der Waals surface area contributed by atoms with Crippen molar-refractivity contribution >= 4 is 5.97 Å². The summed E-state index contributed by atoms with van der Waals surface area (Å²) in [6, 6.07) is 18.2. The van der Waals surface area contributed by atoms with Gasteiger partial charge >= 0.3 is 5.97 Å². The number of hydrogen-bond donors (Lipinski definition) is 1. The SMILES string of the molecule is O=C(ON1CC[C@@H](c2ccc(F)cc2)[C@H](COc2ccc3c(c2)OCO3)C1)c1ccccc1O. The van der Waals surface area contributed by atoms with E-state index in [0.29, 0.717) is 43.4 Å². The van der Waals surface area contributed by atoms with Gasteiger partial charge in [-0.1, -0.05) is 24.3 Å². The van der Waals surface area contributed by atoms with Gasteiger partial charge < -0.3 is 24.2 Å². The molecule has 0 aromatic heterocycles. The minimum absolute atomic E-state index is 0.0400. The number of phenols is 1. The van der Waals surface area contributed by atoms with Gasteiger partial charge in [0.25, 0.3) is 0 Å². The minimum atomic E-state index is -0.617. The Kier molecular flexibility index (Phi) is 6.22. The lowest BCUT2D eigenvalue weighted by Gasteiger charge is -2.37. The maximum absolute atomic E-state index is 13.5. The van der Waals surface area contributed by atoms with E-state index in [1.807, 2.05) is 6.07 Å². The number of aromatic hydroxyl groups is 1. The number of para-hydroxylation sites is 1. The summed E-state index contributed by atoms with van der Waals surface area (Å²) in [6.07, 6.45) is 0.689. The van der Waals surface area contributed by atoms with Crippen LogP contribution >= 0.6 is 0 Å². The Morgan fingerprint density at radius 1 is 1.06 bits per heavy atom. The van der Waals surface area contributed by atoms with Gasteiger partial charge in [0.05, 0.1) is 6.61 Å². The van der Waals surface area contributed by atoms with Gasteiger partial charge in [0.15, 0.2) is 11.5 Å². The number of halogens is 1. The molecule has 0 spiro atoms. The number of benzene rings is 3. The molecule has 5 rings (SSSR count). The predicted molar refractivity (Wildman–Crippen MR) is 120 cm³/mol. The Morgan fingerprint density at radius 3 is 2.68 bits per heavy atom. The van der Waals surface area contributed by atoms with Crippen LogP contribution in [0.15, 0.2) is 66.7 Å². The fourth-order valence-corrected chi connectivity index (χ4v) is 4.38. The van der Waals surface area contributed by atoms with E-state index in [4.69, 9.17) is 19.0 Å². The molecule has 1 saturated heterocycles. The highest BCUT2D eigenvalue weighted by Gasteiger charge is 2.33. The highest BCUT2D eigenvalue weighted by atomic mass is 19.1. The molecular weight excluding hydrogens is 441 g/mol. The molecule has 0 radical (unpaired) electrons. The minimum Gasteiger partial charge on any atom is -0.507 e. The van der Waals surface area contributed by atoms with Gasteiger partial charge in [-0.15, -0.1) is 5.06 Å². The lowest BCUT2D eigenvalue weighted by molar-refractivity contribution is -0.137. The van der Waals surface area contributed by atoms with Gasteiger partial charge in [-0.05, 0) is 54.3 Å². The number of rotatable bonds is 6. The van der Waals surface area contributed by atoms with Crippen molar-refractivity contribution in [1.29, 1.82) is 0 Å². The maximum Gasteiger partial charge on any atom is 0.360 e. The third-order valence-corrected chi connectivity index (χ3v) is 6.14. The Bertz CT molecular complexity index is 1170. The summed E-state index contributed by atoms with van der Waals surface area (Å²) in [5.74, 6) is 0.976. The Labute approximate surface area is 196 Å². The van der Waals surface area contributed by atoms with Crippen molar-refractivity contribution in [3.63, 3.8) is 0 Å². The molecule has 1 fully saturated rings. The number of fused-ring (bicyclic) bond motifs is 1. The van der Waals surface area contributed by atoms with Crippen molar-refractivity contribution in [2.45, 2.75) is 12.3 Å². The number of ether oxygens (including phenoxy) is 3. The first-order valence-corrected chi connectivity index (χ1v) is 11.1. The van der Waals surface area contributed by atoms with Crippen LogP contribution in [0.25, 0.3) is 0 Å². The quantitative estimate of drug-likeness (QED) is 0.574. The smallest absolute Gasteiger partial charge is 0.360 e. The lowest BCUT2D eigenvalue weighted by atomic mass is 9.81. The van der Waals surface area contributed by atoms with Gasteiger partial charge in [0, 0.05) is 25.1 Å². The number of nitrogens with zero attached hydrogens (tertiary/aromatic N) is 1. The largest absolute Gasteiger partial charge is 0.507 e. The molecule has 2 aliphatic rings. The molecule has 34 heavy (non-hydrogen) atoms. The molecular formula is C26H24FNO6. The Hall–Kier alpha value is -3.78. The summed E-state index contributed by atoms with van der Waals surface area (Å²) in [6.45, 7) is 1.46. The standard InChI is InChI=1S/C26H24FNO6/c27-19-7-5-17(6-8-19)21-11-12-28(34-26(30)22-3-1-2-4-23(22)29)14-18(21)15-31-20-9-10-24-25(13-20)33-16-32-24/h1-10,13,18,21,29H,11-12,14-16H2/t18-,21-/m0/s1. The molecule has 1 N–H and O–H groups in total. The first kappa shape index (κ1) is 22.0. The van der Waals surface area contributed by atoms with Crippen molar-refractivity contribution in [3.05, 3.63) is 83.7 Å². The molecule has 3 aromatic rings. The van der Waals surface area contributed by atoms with Crippen LogP contribution in [-0.4, -0.2) is 42.6 Å². The van der Waals surface area contributed by atoms with Crippen molar-refractivity contribution in [1.82, 2.24) is 5.06 Å². The Morgan fingerprint density at radius 2 is 1.85 bits per heavy atom. The number of phenolic OH excluding ortho intramolecular Hbond substituents is 1. The zero-order chi connectivity index (χ0) is 23.5. The van der Waals surface area contributed by atoms with Crippen molar-refractivity contribution in [2.24, 2.45) is 5.92 Å². The second kappa shape index (κ2) is 9.61. The van der Waals surface area contributed by atoms with Crippen molar-refractivity contribution < 1.29 is 33.3 Å². The molecule has 0 aliphatic carbocycles. The molecule has 0 unspecified atom stereocenters. The normalized spacial score (nSPS) is 19.6. The average molecular weight is 465 g/mol. The molecule has 7 nitrogen and oxygen atoms in total. The van der Waals surface area contributed by atoms with E-state index in [2.05, 4.69) is 0 Å². The van der Waals surface area contributed by atoms with Gasteiger partial charge in [-0.25, -0.2) is 9.18 Å². The molecule has 2 heterocycles. The van der Waals surface area contributed by atoms with E-state index in [-0.39, 0.29) is 35.8 Å². The number of carbonyl (C=O) groups is 1. The summed E-state index contributed by atoms with van der Waals surface area (Å²) in [5.41, 5.74) is 1.11.